The van der Waals surface area contributed by atoms with Gasteiger partial charge >= 0.3 is 6.18 Å². The fourth-order valence-electron chi connectivity index (χ4n) is 1.77. The second-order valence-electron chi connectivity index (χ2n) is 4.79. The lowest BCUT2D eigenvalue weighted by Gasteiger charge is -2.27. The lowest BCUT2D eigenvalue weighted by Crippen LogP contribution is -2.45. The summed E-state index contributed by atoms with van der Waals surface area (Å²) in [6, 6.07) is 5.01. The molecule has 0 saturated heterocycles. The van der Waals surface area contributed by atoms with Gasteiger partial charge in [0.25, 0.3) is 0 Å². The number of nitriles is 1. The fraction of sp³-hybridized carbons (Fsp3) is 0.500. The van der Waals surface area contributed by atoms with Crippen molar-refractivity contribution >= 4 is 5.69 Å². The third kappa shape index (κ3) is 3.87. The van der Waals surface area contributed by atoms with Crippen molar-refractivity contribution in [1.82, 2.24) is 0 Å². The highest BCUT2D eigenvalue weighted by Crippen LogP contribution is 2.33. The molecule has 0 saturated carbocycles. The Morgan fingerprint density at radius 1 is 1.25 bits per heavy atom. The van der Waals surface area contributed by atoms with Gasteiger partial charge in [0.05, 0.1) is 17.2 Å². The van der Waals surface area contributed by atoms with Gasteiger partial charge in [0, 0.05) is 17.8 Å². The summed E-state index contributed by atoms with van der Waals surface area (Å²) in [7, 11) is 0. The smallest absolute Gasteiger partial charge is 0.383 e. The predicted molar refractivity (Wildman–Crippen MR) is 72.1 cm³/mol. The largest absolute Gasteiger partial charge is 0.417 e. The minimum atomic E-state index is -4.52. The van der Waals surface area contributed by atoms with Gasteiger partial charge in [0.15, 0.2) is 0 Å². The van der Waals surface area contributed by atoms with Crippen molar-refractivity contribution in [2.24, 2.45) is 5.73 Å². The molecular formula is C14H18F3N3. The summed E-state index contributed by atoms with van der Waals surface area (Å²) >= 11 is 0. The third-order valence-corrected chi connectivity index (χ3v) is 3.50. The van der Waals surface area contributed by atoms with E-state index in [4.69, 9.17) is 11.0 Å². The van der Waals surface area contributed by atoms with Gasteiger partial charge in [-0.1, -0.05) is 13.8 Å². The molecule has 0 radical (unpaired) electrons. The molecule has 3 nitrogen and oxygen atoms in total. The van der Waals surface area contributed by atoms with Crippen molar-refractivity contribution in [1.29, 1.82) is 5.26 Å². The minimum absolute atomic E-state index is 0.391. The van der Waals surface area contributed by atoms with E-state index >= 15 is 0 Å². The van der Waals surface area contributed by atoms with Crippen LogP contribution in [0.4, 0.5) is 18.9 Å². The second kappa shape index (κ2) is 6.14. The number of hydrogen-bond donors (Lipinski definition) is 2. The van der Waals surface area contributed by atoms with Crippen molar-refractivity contribution in [3.63, 3.8) is 0 Å². The van der Waals surface area contributed by atoms with Crippen LogP contribution >= 0.6 is 0 Å². The van der Waals surface area contributed by atoms with Crippen LogP contribution in [0.1, 0.15) is 37.8 Å². The number of benzene rings is 1. The van der Waals surface area contributed by atoms with Crippen LogP contribution in [0.25, 0.3) is 0 Å². The zero-order valence-electron chi connectivity index (χ0n) is 11.5. The molecule has 0 aliphatic carbocycles. The second-order valence-corrected chi connectivity index (χ2v) is 4.79. The maximum atomic E-state index is 12.7. The van der Waals surface area contributed by atoms with Gasteiger partial charge in [-0.05, 0) is 31.0 Å². The third-order valence-electron chi connectivity index (χ3n) is 3.50. The Morgan fingerprint density at radius 2 is 1.85 bits per heavy atom. The van der Waals surface area contributed by atoms with Crippen LogP contribution in [0.3, 0.4) is 0 Å². The first-order chi connectivity index (χ1) is 9.25. The molecule has 3 N–H and O–H groups in total. The minimum Gasteiger partial charge on any atom is -0.383 e. The van der Waals surface area contributed by atoms with Crippen LogP contribution in [0.15, 0.2) is 18.2 Å². The van der Waals surface area contributed by atoms with Gasteiger partial charge in [0.2, 0.25) is 0 Å². The van der Waals surface area contributed by atoms with E-state index in [1.165, 1.54) is 12.1 Å². The highest BCUT2D eigenvalue weighted by atomic mass is 19.4. The van der Waals surface area contributed by atoms with Crippen molar-refractivity contribution in [3.05, 3.63) is 29.3 Å². The molecule has 0 unspecified atom stereocenters. The highest BCUT2D eigenvalue weighted by molar-refractivity contribution is 5.53. The van der Waals surface area contributed by atoms with Gasteiger partial charge in [-0.25, -0.2) is 0 Å². The standard InChI is InChI=1S/C14H18F3N3/c1-3-13(19,4-2)9-20-11-5-6-12(14(15,16)17)10(7-11)8-18/h5-7,20H,3-4,9,19H2,1-2H3. The Morgan fingerprint density at radius 3 is 2.30 bits per heavy atom. The topological polar surface area (TPSA) is 61.8 Å². The first kappa shape index (κ1) is 16.3. The maximum Gasteiger partial charge on any atom is 0.417 e. The fourth-order valence-corrected chi connectivity index (χ4v) is 1.77. The monoisotopic (exact) mass is 285 g/mol. The normalized spacial score (nSPS) is 12.1. The van der Waals surface area contributed by atoms with E-state index in [9.17, 15) is 13.2 Å². The van der Waals surface area contributed by atoms with Crippen LogP contribution in [-0.2, 0) is 6.18 Å². The summed E-state index contributed by atoms with van der Waals surface area (Å²) in [4.78, 5) is 0. The first-order valence-electron chi connectivity index (χ1n) is 6.40. The molecule has 0 aliphatic rings. The van der Waals surface area contributed by atoms with E-state index in [1.807, 2.05) is 13.8 Å². The van der Waals surface area contributed by atoms with E-state index in [0.717, 1.165) is 18.9 Å². The molecule has 0 amide bonds. The number of rotatable bonds is 5. The molecule has 0 spiro atoms. The van der Waals surface area contributed by atoms with Crippen molar-refractivity contribution in [2.75, 3.05) is 11.9 Å². The highest BCUT2D eigenvalue weighted by Gasteiger charge is 2.33. The quantitative estimate of drug-likeness (QED) is 0.870. The molecule has 0 bridgehead atoms. The van der Waals surface area contributed by atoms with Crippen LogP contribution in [-0.4, -0.2) is 12.1 Å². The Balaban J connectivity index is 2.93. The Hall–Kier alpha value is -1.74. The molecule has 0 heterocycles. The van der Waals surface area contributed by atoms with Gasteiger partial charge in [-0.15, -0.1) is 0 Å². The summed E-state index contributed by atoms with van der Waals surface area (Å²) in [6.07, 6.45) is -3.02. The van der Waals surface area contributed by atoms with Crippen molar-refractivity contribution in [2.45, 2.75) is 38.4 Å². The van der Waals surface area contributed by atoms with E-state index in [2.05, 4.69) is 5.32 Å². The number of nitrogens with one attached hydrogen (secondary N) is 1. The predicted octanol–water partition coefficient (Wildman–Crippen LogP) is 3.51. The van der Waals surface area contributed by atoms with E-state index in [0.29, 0.717) is 12.2 Å². The summed E-state index contributed by atoms with van der Waals surface area (Å²) < 4.78 is 38.0. The molecule has 110 valence electrons. The molecule has 1 aromatic rings. The summed E-state index contributed by atoms with van der Waals surface area (Å²) in [6.45, 7) is 4.35. The van der Waals surface area contributed by atoms with E-state index < -0.39 is 22.8 Å². The van der Waals surface area contributed by atoms with E-state index in [-0.39, 0.29) is 0 Å². The average Bonchev–Trinajstić information content (AvgIpc) is 2.43. The summed E-state index contributed by atoms with van der Waals surface area (Å²) in [5.41, 5.74) is 4.85. The van der Waals surface area contributed by atoms with Crippen molar-refractivity contribution < 1.29 is 13.2 Å². The molecule has 0 fully saturated rings. The summed E-state index contributed by atoms with van der Waals surface area (Å²) in [5, 5.41) is 11.8. The molecule has 20 heavy (non-hydrogen) atoms. The molecule has 6 heteroatoms. The number of hydrogen-bond acceptors (Lipinski definition) is 3. The van der Waals surface area contributed by atoms with Crippen LogP contribution in [0.5, 0.6) is 0 Å². The Kier molecular flexibility index (Phi) is 5.01. The zero-order chi connectivity index (χ0) is 15.4. The lowest BCUT2D eigenvalue weighted by atomic mass is 9.94. The Labute approximate surface area is 116 Å². The molecular weight excluding hydrogens is 267 g/mol. The van der Waals surface area contributed by atoms with Gasteiger partial charge in [-0.2, -0.15) is 18.4 Å². The Bertz CT molecular complexity index is 499. The number of nitrogens with zero attached hydrogens (tertiary/aromatic N) is 1. The van der Waals surface area contributed by atoms with Crippen LogP contribution < -0.4 is 11.1 Å². The molecule has 0 aromatic heterocycles. The van der Waals surface area contributed by atoms with Crippen LogP contribution in [0.2, 0.25) is 0 Å². The molecule has 0 aliphatic heterocycles. The maximum absolute atomic E-state index is 12.7. The van der Waals surface area contributed by atoms with Gasteiger partial charge < -0.3 is 11.1 Å². The van der Waals surface area contributed by atoms with E-state index in [1.54, 1.807) is 6.07 Å². The van der Waals surface area contributed by atoms with Gasteiger partial charge in [-0.3, -0.25) is 0 Å². The number of alkyl halides is 3. The van der Waals surface area contributed by atoms with Gasteiger partial charge in [0.1, 0.15) is 0 Å². The average molecular weight is 285 g/mol. The van der Waals surface area contributed by atoms with Crippen LogP contribution in [0, 0.1) is 11.3 Å². The SMILES string of the molecule is CCC(N)(CC)CNc1ccc(C(F)(F)F)c(C#N)c1. The number of anilines is 1. The van der Waals surface area contributed by atoms with Crippen molar-refractivity contribution in [3.8, 4) is 6.07 Å². The molecule has 1 aromatic carbocycles. The zero-order valence-corrected chi connectivity index (χ0v) is 11.5. The first-order valence-corrected chi connectivity index (χ1v) is 6.40. The lowest BCUT2D eigenvalue weighted by molar-refractivity contribution is -0.137. The molecule has 0 atom stereocenters. The number of nitrogens with two attached hydrogens (primary N) is 1. The number of halogens is 3. The summed E-state index contributed by atoms with van der Waals surface area (Å²) in [5.74, 6) is 0. The molecule has 1 rings (SSSR count).